The summed E-state index contributed by atoms with van der Waals surface area (Å²) < 4.78 is 1.82. The number of aryl methyl sites for hydroxylation is 1. The van der Waals surface area contributed by atoms with Crippen molar-refractivity contribution in [3.05, 3.63) is 52.3 Å². The van der Waals surface area contributed by atoms with Crippen molar-refractivity contribution in [3.8, 4) is 0 Å². The number of thiazole rings is 1. The second kappa shape index (κ2) is 7.57. The second-order valence-electron chi connectivity index (χ2n) is 5.26. The van der Waals surface area contributed by atoms with Crippen LogP contribution in [0.1, 0.15) is 24.1 Å². The Morgan fingerprint density at radius 1 is 1.35 bits per heavy atom. The molecule has 0 aliphatic heterocycles. The first-order chi connectivity index (χ1) is 11.2. The van der Waals surface area contributed by atoms with Gasteiger partial charge in [-0.2, -0.15) is 5.10 Å². The molecule has 0 atom stereocenters. The molecule has 3 aromatic rings. The highest BCUT2D eigenvalue weighted by Gasteiger charge is 2.06. The van der Waals surface area contributed by atoms with Crippen molar-refractivity contribution >= 4 is 33.8 Å². The van der Waals surface area contributed by atoms with Crippen molar-refractivity contribution in [2.45, 2.75) is 25.7 Å². The molecule has 120 valence electrons. The van der Waals surface area contributed by atoms with Crippen LogP contribution in [0.25, 0.3) is 4.96 Å². The van der Waals surface area contributed by atoms with Crippen LogP contribution in [0.5, 0.6) is 0 Å². The number of nitrogens with zero attached hydrogens (tertiary/aromatic N) is 3. The van der Waals surface area contributed by atoms with Gasteiger partial charge in [-0.25, -0.2) is 9.50 Å². The second-order valence-corrected chi connectivity index (χ2v) is 6.54. The van der Waals surface area contributed by atoms with Gasteiger partial charge in [-0.15, -0.1) is 11.3 Å². The van der Waals surface area contributed by atoms with Gasteiger partial charge in [-0.05, 0) is 30.5 Å². The van der Waals surface area contributed by atoms with Crippen LogP contribution in [0.4, 0.5) is 0 Å². The molecule has 0 bridgehead atoms. The van der Waals surface area contributed by atoms with Crippen LogP contribution in [-0.4, -0.2) is 27.0 Å². The first kappa shape index (κ1) is 16.0. The average molecular weight is 349 g/mol. The van der Waals surface area contributed by atoms with E-state index in [2.05, 4.69) is 15.4 Å². The Kier molecular flexibility index (Phi) is 5.25. The van der Waals surface area contributed by atoms with Gasteiger partial charge in [-0.3, -0.25) is 4.79 Å². The SMILES string of the molecule is O=C(CCCc1cccc(Cl)c1)NCCc1csc2ncnn12. The zero-order chi connectivity index (χ0) is 16.1. The molecule has 2 heterocycles. The van der Waals surface area contributed by atoms with E-state index in [9.17, 15) is 4.79 Å². The molecule has 0 fully saturated rings. The largest absolute Gasteiger partial charge is 0.356 e. The molecule has 0 saturated carbocycles. The van der Waals surface area contributed by atoms with E-state index in [1.807, 2.05) is 34.2 Å². The Morgan fingerprint density at radius 2 is 2.26 bits per heavy atom. The van der Waals surface area contributed by atoms with Crippen molar-refractivity contribution in [2.75, 3.05) is 6.54 Å². The smallest absolute Gasteiger partial charge is 0.220 e. The van der Waals surface area contributed by atoms with E-state index in [-0.39, 0.29) is 5.91 Å². The number of carbonyl (C=O) groups is 1. The molecule has 1 N–H and O–H groups in total. The number of amides is 1. The van der Waals surface area contributed by atoms with Crippen LogP contribution in [0.2, 0.25) is 5.02 Å². The molecule has 5 nitrogen and oxygen atoms in total. The predicted molar refractivity (Wildman–Crippen MR) is 92.0 cm³/mol. The van der Waals surface area contributed by atoms with Gasteiger partial charge in [0.2, 0.25) is 10.9 Å². The minimum absolute atomic E-state index is 0.0806. The van der Waals surface area contributed by atoms with E-state index in [1.165, 1.54) is 0 Å². The van der Waals surface area contributed by atoms with Crippen molar-refractivity contribution in [1.82, 2.24) is 19.9 Å². The number of aromatic nitrogens is 3. The maximum absolute atomic E-state index is 11.9. The topological polar surface area (TPSA) is 59.3 Å². The van der Waals surface area contributed by atoms with Gasteiger partial charge in [0, 0.05) is 29.8 Å². The number of nitrogens with one attached hydrogen (secondary N) is 1. The summed E-state index contributed by atoms with van der Waals surface area (Å²) in [4.78, 5) is 16.9. The highest BCUT2D eigenvalue weighted by atomic mass is 35.5. The third-order valence-electron chi connectivity index (χ3n) is 3.55. The number of rotatable bonds is 7. The predicted octanol–water partition coefficient (Wildman–Crippen LogP) is 3.13. The summed E-state index contributed by atoms with van der Waals surface area (Å²) in [5, 5.41) is 9.88. The highest BCUT2D eigenvalue weighted by Crippen LogP contribution is 2.14. The van der Waals surface area contributed by atoms with Crippen molar-refractivity contribution in [2.24, 2.45) is 0 Å². The number of fused-ring (bicyclic) bond motifs is 1. The number of benzene rings is 1. The van der Waals surface area contributed by atoms with Crippen LogP contribution in [0, 0.1) is 0 Å². The maximum Gasteiger partial charge on any atom is 0.220 e. The molecule has 0 aliphatic rings. The summed E-state index contributed by atoms with van der Waals surface area (Å²) in [5.74, 6) is 0.0806. The minimum Gasteiger partial charge on any atom is -0.356 e. The van der Waals surface area contributed by atoms with Gasteiger partial charge in [0.1, 0.15) is 6.33 Å². The third kappa shape index (κ3) is 4.30. The molecular weight excluding hydrogens is 332 g/mol. The Bertz CT molecular complexity index is 798. The zero-order valence-electron chi connectivity index (χ0n) is 12.5. The molecule has 0 spiro atoms. The quantitative estimate of drug-likeness (QED) is 0.713. The summed E-state index contributed by atoms with van der Waals surface area (Å²) in [6, 6.07) is 7.76. The lowest BCUT2D eigenvalue weighted by Crippen LogP contribution is -2.25. The van der Waals surface area contributed by atoms with Crippen LogP contribution >= 0.6 is 22.9 Å². The molecule has 1 aromatic carbocycles. The standard InChI is InChI=1S/C16H17ClN4OS/c17-13-5-1-3-12(9-13)4-2-6-15(22)18-8-7-14-10-23-16-19-11-20-21(14)16/h1,3,5,9-11H,2,4,6-8H2,(H,18,22). The molecule has 23 heavy (non-hydrogen) atoms. The number of hydrogen-bond donors (Lipinski definition) is 1. The Morgan fingerprint density at radius 3 is 3.13 bits per heavy atom. The Hall–Kier alpha value is -1.92. The molecule has 0 saturated heterocycles. The fourth-order valence-corrected chi connectivity index (χ4v) is 3.45. The van der Waals surface area contributed by atoms with E-state index in [0.717, 1.165) is 40.5 Å². The monoisotopic (exact) mass is 348 g/mol. The van der Waals surface area contributed by atoms with Crippen molar-refractivity contribution in [1.29, 1.82) is 0 Å². The summed E-state index contributed by atoms with van der Waals surface area (Å²) in [6.07, 6.45) is 4.50. The van der Waals surface area contributed by atoms with Gasteiger partial charge < -0.3 is 5.32 Å². The molecule has 2 aromatic heterocycles. The molecule has 0 aliphatic carbocycles. The lowest BCUT2D eigenvalue weighted by molar-refractivity contribution is -0.121. The fourth-order valence-electron chi connectivity index (χ4n) is 2.41. The van der Waals surface area contributed by atoms with Gasteiger partial charge in [0.25, 0.3) is 0 Å². The fraction of sp³-hybridized carbons (Fsp3) is 0.312. The number of halogens is 1. The van der Waals surface area contributed by atoms with Gasteiger partial charge >= 0.3 is 0 Å². The van der Waals surface area contributed by atoms with Crippen LogP contribution in [0.15, 0.2) is 36.0 Å². The number of hydrogen-bond acceptors (Lipinski definition) is 4. The zero-order valence-corrected chi connectivity index (χ0v) is 14.1. The van der Waals surface area contributed by atoms with E-state index in [4.69, 9.17) is 11.6 Å². The Labute approximate surface area is 143 Å². The van der Waals surface area contributed by atoms with Gasteiger partial charge in [0.05, 0.1) is 5.69 Å². The normalized spacial score (nSPS) is 11.0. The van der Waals surface area contributed by atoms with E-state index >= 15 is 0 Å². The lowest BCUT2D eigenvalue weighted by Gasteiger charge is -2.05. The molecule has 7 heteroatoms. The molecule has 3 rings (SSSR count). The maximum atomic E-state index is 11.9. The Balaban J connectivity index is 1.37. The van der Waals surface area contributed by atoms with E-state index in [0.29, 0.717) is 13.0 Å². The van der Waals surface area contributed by atoms with Crippen molar-refractivity contribution < 1.29 is 4.79 Å². The molecule has 0 radical (unpaired) electrons. The summed E-state index contributed by atoms with van der Waals surface area (Å²) in [6.45, 7) is 0.613. The molecule has 1 amide bonds. The average Bonchev–Trinajstić information content (AvgIpc) is 3.12. The minimum atomic E-state index is 0.0806. The summed E-state index contributed by atoms with van der Waals surface area (Å²) >= 11 is 7.50. The van der Waals surface area contributed by atoms with Crippen LogP contribution in [-0.2, 0) is 17.6 Å². The van der Waals surface area contributed by atoms with E-state index in [1.54, 1.807) is 17.7 Å². The lowest BCUT2D eigenvalue weighted by atomic mass is 10.1. The van der Waals surface area contributed by atoms with Crippen molar-refractivity contribution in [3.63, 3.8) is 0 Å². The third-order valence-corrected chi connectivity index (χ3v) is 4.66. The first-order valence-electron chi connectivity index (χ1n) is 7.49. The van der Waals surface area contributed by atoms with Gasteiger partial charge in [-0.1, -0.05) is 23.7 Å². The van der Waals surface area contributed by atoms with Gasteiger partial charge in [0.15, 0.2) is 0 Å². The van der Waals surface area contributed by atoms with E-state index < -0.39 is 0 Å². The summed E-state index contributed by atoms with van der Waals surface area (Å²) in [5.41, 5.74) is 2.24. The van der Waals surface area contributed by atoms with Crippen LogP contribution < -0.4 is 5.32 Å². The van der Waals surface area contributed by atoms with Crippen LogP contribution in [0.3, 0.4) is 0 Å². The molecule has 0 unspecified atom stereocenters. The summed E-state index contributed by atoms with van der Waals surface area (Å²) in [7, 11) is 0. The molecular formula is C16H17ClN4OS. The number of carbonyl (C=O) groups excluding carboxylic acids is 1. The highest BCUT2D eigenvalue weighted by molar-refractivity contribution is 7.15. The first-order valence-corrected chi connectivity index (χ1v) is 8.75.